The molecule has 0 saturated carbocycles. The van der Waals surface area contributed by atoms with Crippen LogP contribution in [0.25, 0.3) is 0 Å². The zero-order chi connectivity index (χ0) is 20.9. The van der Waals surface area contributed by atoms with E-state index in [2.05, 4.69) is 41.5 Å². The number of rotatable bonds is 8. The number of hydrogen-bond donors (Lipinski definition) is 0. The van der Waals surface area contributed by atoms with Crippen LogP contribution in [0.4, 0.5) is 4.79 Å². The summed E-state index contributed by atoms with van der Waals surface area (Å²) in [5.41, 5.74) is 2.22. The van der Waals surface area contributed by atoms with Crippen molar-refractivity contribution in [1.29, 1.82) is 0 Å². The molecule has 2 atom stereocenters. The van der Waals surface area contributed by atoms with Crippen LogP contribution in [0.5, 0.6) is 0 Å². The van der Waals surface area contributed by atoms with Crippen molar-refractivity contribution in [1.82, 2.24) is 4.90 Å². The van der Waals surface area contributed by atoms with Crippen molar-refractivity contribution in [3.63, 3.8) is 0 Å². The molecule has 5 nitrogen and oxygen atoms in total. The van der Waals surface area contributed by atoms with E-state index in [1.807, 2.05) is 30.3 Å². The van der Waals surface area contributed by atoms with Crippen molar-refractivity contribution in [2.45, 2.75) is 83.3 Å². The minimum Gasteiger partial charge on any atom is -0.445 e. The van der Waals surface area contributed by atoms with Gasteiger partial charge in [0, 0.05) is 6.54 Å². The van der Waals surface area contributed by atoms with Gasteiger partial charge in [0.25, 0.3) is 0 Å². The van der Waals surface area contributed by atoms with Crippen LogP contribution >= 0.6 is 0 Å². The first kappa shape index (κ1) is 22.6. The largest absolute Gasteiger partial charge is 0.445 e. The average Bonchev–Trinajstić information content (AvgIpc) is 3.06. The van der Waals surface area contributed by atoms with Crippen molar-refractivity contribution in [3.8, 4) is 0 Å². The van der Waals surface area contributed by atoms with Gasteiger partial charge in [-0.1, -0.05) is 71.9 Å². The molecule has 1 aliphatic heterocycles. The highest BCUT2D eigenvalue weighted by atomic mass is 28.4. The number of nitrogens with zero attached hydrogens (tertiary/aromatic N) is 1. The van der Waals surface area contributed by atoms with Gasteiger partial charge in [-0.15, -0.1) is 0 Å². The molecule has 0 N–H and O–H groups in total. The van der Waals surface area contributed by atoms with E-state index < -0.39 is 20.5 Å². The second-order valence-corrected chi connectivity index (χ2v) is 14.0. The van der Waals surface area contributed by atoms with Gasteiger partial charge in [-0.2, -0.15) is 0 Å². The zero-order valence-corrected chi connectivity index (χ0v) is 19.1. The summed E-state index contributed by atoms with van der Waals surface area (Å²) in [6.07, 6.45) is 0.824. The third kappa shape index (κ3) is 4.66. The fourth-order valence-electron chi connectivity index (χ4n) is 4.76. The molecule has 156 valence electrons. The Morgan fingerprint density at radius 3 is 2.18 bits per heavy atom. The molecular weight excluding hydrogens is 370 g/mol. The first-order chi connectivity index (χ1) is 13.2. The number of aldehydes is 1. The predicted octanol–water partition coefficient (Wildman–Crippen LogP) is 5.16. The van der Waals surface area contributed by atoms with Crippen LogP contribution in [0.2, 0.25) is 16.6 Å². The van der Waals surface area contributed by atoms with Gasteiger partial charge < -0.3 is 14.0 Å². The maximum absolute atomic E-state index is 12.6. The lowest BCUT2D eigenvalue weighted by Crippen LogP contribution is -2.53. The molecule has 6 heteroatoms. The highest BCUT2D eigenvalue weighted by Gasteiger charge is 2.50. The number of benzene rings is 1. The lowest BCUT2D eigenvalue weighted by Gasteiger charge is -2.44. The van der Waals surface area contributed by atoms with Crippen LogP contribution in [0, 0.1) is 0 Å². The third-order valence-corrected chi connectivity index (χ3v) is 12.2. The van der Waals surface area contributed by atoms with Gasteiger partial charge in [-0.3, -0.25) is 4.90 Å². The molecule has 1 fully saturated rings. The van der Waals surface area contributed by atoms with Gasteiger partial charge in [0.15, 0.2) is 0 Å². The molecular formula is C22H35NO4Si. The molecule has 0 bridgehead atoms. The number of likely N-dealkylation sites (tertiary alicyclic amines) is 1. The number of carbonyl (C=O) groups is 2. The van der Waals surface area contributed by atoms with Crippen LogP contribution in [0.15, 0.2) is 30.3 Å². The Balaban J connectivity index is 2.10. The van der Waals surface area contributed by atoms with Crippen molar-refractivity contribution in [3.05, 3.63) is 35.9 Å². The second kappa shape index (κ2) is 9.70. The molecule has 0 unspecified atom stereocenters. The van der Waals surface area contributed by atoms with E-state index >= 15 is 0 Å². The minimum absolute atomic E-state index is 0.204. The van der Waals surface area contributed by atoms with Crippen LogP contribution < -0.4 is 0 Å². The standard InChI is InChI=1S/C22H35NO4Si/c1-16(2)28(17(3)4,18(5)6)27-21-12-13-23(20(21)14-24)22(25)26-15-19-10-8-7-9-11-19/h7-11,14,16-18,20-21H,12-13,15H2,1-6H3/t20-,21-/m0/s1. The van der Waals surface area contributed by atoms with Crippen LogP contribution in [-0.4, -0.2) is 44.3 Å². The molecule has 1 aromatic rings. The third-order valence-electron chi connectivity index (χ3n) is 6.04. The normalized spacial score (nSPS) is 20.2. The Hall–Kier alpha value is -1.66. The highest BCUT2D eigenvalue weighted by molar-refractivity contribution is 6.77. The Morgan fingerprint density at radius 1 is 1.11 bits per heavy atom. The molecule has 0 aliphatic carbocycles. The van der Waals surface area contributed by atoms with Gasteiger partial charge in [0.05, 0.1) is 6.10 Å². The summed E-state index contributed by atoms with van der Waals surface area (Å²) in [7, 11) is -2.12. The smallest absolute Gasteiger partial charge is 0.410 e. The van der Waals surface area contributed by atoms with Crippen molar-refractivity contribution >= 4 is 20.7 Å². The molecule has 1 heterocycles. The lowest BCUT2D eigenvalue weighted by molar-refractivity contribution is -0.113. The van der Waals surface area contributed by atoms with Gasteiger partial charge in [-0.05, 0) is 28.6 Å². The van der Waals surface area contributed by atoms with Crippen LogP contribution in [0.3, 0.4) is 0 Å². The fraction of sp³-hybridized carbons (Fsp3) is 0.636. The summed E-state index contributed by atoms with van der Waals surface area (Å²) in [6, 6.07) is 8.98. The minimum atomic E-state index is -2.12. The molecule has 1 saturated heterocycles. The molecule has 1 aromatic carbocycles. The van der Waals surface area contributed by atoms with E-state index in [0.717, 1.165) is 11.8 Å². The van der Waals surface area contributed by atoms with E-state index in [0.29, 0.717) is 29.6 Å². The van der Waals surface area contributed by atoms with Crippen LogP contribution in [0.1, 0.15) is 53.5 Å². The van der Waals surface area contributed by atoms with Crippen molar-refractivity contribution < 1.29 is 18.8 Å². The van der Waals surface area contributed by atoms with E-state index in [9.17, 15) is 9.59 Å². The quantitative estimate of drug-likeness (QED) is 0.443. The summed E-state index contributed by atoms with van der Waals surface area (Å²) in [4.78, 5) is 26.0. The zero-order valence-electron chi connectivity index (χ0n) is 18.1. The number of hydrogen-bond acceptors (Lipinski definition) is 4. The first-order valence-corrected chi connectivity index (χ1v) is 12.5. The average molecular weight is 406 g/mol. The van der Waals surface area contributed by atoms with E-state index in [1.54, 1.807) is 0 Å². The summed E-state index contributed by atoms with van der Waals surface area (Å²) >= 11 is 0. The predicted molar refractivity (Wildman–Crippen MR) is 114 cm³/mol. The number of ether oxygens (including phenoxy) is 1. The number of carbonyl (C=O) groups excluding carboxylic acids is 2. The summed E-state index contributed by atoms with van der Waals surface area (Å²) in [6.45, 7) is 14.0. The summed E-state index contributed by atoms with van der Waals surface area (Å²) in [5, 5.41) is 0. The summed E-state index contributed by atoms with van der Waals surface area (Å²) < 4.78 is 12.2. The lowest BCUT2D eigenvalue weighted by atomic mass is 10.2. The van der Waals surface area contributed by atoms with Gasteiger partial charge in [0.2, 0.25) is 8.32 Å². The molecule has 0 aromatic heterocycles. The van der Waals surface area contributed by atoms with E-state index in [4.69, 9.17) is 9.16 Å². The Morgan fingerprint density at radius 2 is 1.68 bits per heavy atom. The SMILES string of the molecule is CC(C)[Si](O[C@H]1CCN(C(=O)OCc2ccccc2)[C@H]1C=O)(C(C)C)C(C)C. The Labute approximate surface area is 170 Å². The van der Waals surface area contributed by atoms with Crippen molar-refractivity contribution in [2.24, 2.45) is 0 Å². The maximum Gasteiger partial charge on any atom is 0.410 e. The van der Waals surface area contributed by atoms with Crippen molar-refractivity contribution in [2.75, 3.05) is 6.54 Å². The van der Waals surface area contributed by atoms with Gasteiger partial charge in [0.1, 0.15) is 18.9 Å². The fourth-order valence-corrected chi connectivity index (χ4v) is 10.4. The Kier molecular flexibility index (Phi) is 7.84. The highest BCUT2D eigenvalue weighted by Crippen LogP contribution is 2.44. The molecule has 0 spiro atoms. The molecule has 2 rings (SSSR count). The van der Waals surface area contributed by atoms with Gasteiger partial charge >= 0.3 is 6.09 Å². The molecule has 0 radical (unpaired) electrons. The monoisotopic (exact) mass is 405 g/mol. The summed E-state index contributed by atoms with van der Waals surface area (Å²) in [5.74, 6) is 0. The van der Waals surface area contributed by atoms with Gasteiger partial charge in [-0.25, -0.2) is 4.79 Å². The molecule has 1 amide bonds. The Bertz CT molecular complexity index is 625. The van der Waals surface area contributed by atoms with Crippen LogP contribution in [-0.2, 0) is 20.6 Å². The topological polar surface area (TPSA) is 55.8 Å². The first-order valence-electron chi connectivity index (χ1n) is 10.3. The maximum atomic E-state index is 12.6. The number of amides is 1. The van der Waals surface area contributed by atoms with E-state index in [1.165, 1.54) is 4.90 Å². The second-order valence-electron chi connectivity index (χ2n) is 8.62. The van der Waals surface area contributed by atoms with E-state index in [-0.39, 0.29) is 12.7 Å². The molecule has 1 aliphatic rings. The molecule has 28 heavy (non-hydrogen) atoms.